The van der Waals surface area contributed by atoms with E-state index in [1.807, 2.05) is 10.7 Å². The van der Waals surface area contributed by atoms with E-state index in [4.69, 9.17) is 5.73 Å². The highest BCUT2D eigenvalue weighted by Gasteiger charge is 2.16. The predicted octanol–water partition coefficient (Wildman–Crippen LogP) is 3.07. The molecule has 0 spiro atoms. The van der Waals surface area contributed by atoms with Crippen molar-refractivity contribution in [3.63, 3.8) is 0 Å². The second kappa shape index (κ2) is 5.19. The number of hydrogen-bond acceptors (Lipinski definition) is 4. The number of nitrogens with zero attached hydrogens (tertiary/aromatic N) is 3. The van der Waals surface area contributed by atoms with Crippen molar-refractivity contribution >= 4 is 11.3 Å². The number of aryl methyl sites for hydroxylation is 2. The van der Waals surface area contributed by atoms with Crippen LogP contribution in [0.3, 0.4) is 0 Å². The van der Waals surface area contributed by atoms with Crippen LogP contribution in [-0.2, 0) is 6.54 Å². The predicted molar refractivity (Wildman–Crippen MR) is 82.0 cm³/mol. The maximum absolute atomic E-state index is 5.80. The zero-order chi connectivity index (χ0) is 14.1. The summed E-state index contributed by atoms with van der Waals surface area (Å²) >= 11 is 1.67. The van der Waals surface area contributed by atoms with Crippen LogP contribution in [0.15, 0.2) is 35.7 Å². The van der Waals surface area contributed by atoms with E-state index in [9.17, 15) is 0 Å². The molecule has 4 nitrogen and oxygen atoms in total. The Morgan fingerprint density at radius 1 is 1.20 bits per heavy atom. The van der Waals surface area contributed by atoms with Crippen LogP contribution in [0.25, 0.3) is 16.3 Å². The van der Waals surface area contributed by atoms with Gasteiger partial charge in [-0.2, -0.15) is 0 Å². The van der Waals surface area contributed by atoms with Gasteiger partial charge in [0.2, 0.25) is 0 Å². The zero-order valence-corrected chi connectivity index (χ0v) is 12.3. The van der Waals surface area contributed by atoms with Gasteiger partial charge in [-0.1, -0.05) is 17.3 Å². The van der Waals surface area contributed by atoms with E-state index in [2.05, 4.69) is 53.8 Å². The molecule has 2 aromatic heterocycles. The van der Waals surface area contributed by atoms with Gasteiger partial charge in [0.15, 0.2) is 0 Å². The van der Waals surface area contributed by atoms with E-state index in [1.54, 1.807) is 11.3 Å². The minimum Gasteiger partial charge on any atom is -0.325 e. The summed E-state index contributed by atoms with van der Waals surface area (Å²) in [7, 11) is 0. The first-order valence-electron chi connectivity index (χ1n) is 6.46. The molecular formula is C15H16N4S. The summed E-state index contributed by atoms with van der Waals surface area (Å²) in [5.74, 6) is 0. The summed E-state index contributed by atoms with van der Waals surface area (Å²) < 4.78 is 1.88. The first-order valence-corrected chi connectivity index (χ1v) is 7.34. The lowest BCUT2D eigenvalue weighted by atomic mass is 10.1. The molecule has 0 unspecified atom stereocenters. The molecule has 0 saturated carbocycles. The Hall–Kier alpha value is -1.98. The average Bonchev–Trinajstić information content (AvgIpc) is 3.06. The molecule has 0 bridgehead atoms. The van der Waals surface area contributed by atoms with Gasteiger partial charge in [-0.25, -0.2) is 4.68 Å². The molecule has 1 aromatic carbocycles. The molecule has 0 saturated heterocycles. The molecule has 5 heteroatoms. The molecule has 0 aliphatic heterocycles. The smallest absolute Gasteiger partial charge is 0.109 e. The highest BCUT2D eigenvalue weighted by molar-refractivity contribution is 7.13. The SMILES string of the molecule is Cc1cc(C)cc(-n2nnc(CN)c2-c2cccs2)c1. The van der Waals surface area contributed by atoms with Crippen molar-refractivity contribution in [2.24, 2.45) is 5.73 Å². The summed E-state index contributed by atoms with van der Waals surface area (Å²) in [5.41, 5.74) is 11.1. The fourth-order valence-corrected chi connectivity index (χ4v) is 3.14. The van der Waals surface area contributed by atoms with Crippen LogP contribution in [0.4, 0.5) is 0 Å². The molecule has 3 rings (SSSR count). The van der Waals surface area contributed by atoms with Crippen LogP contribution < -0.4 is 5.73 Å². The number of hydrogen-bond donors (Lipinski definition) is 1. The van der Waals surface area contributed by atoms with Crippen LogP contribution in [-0.4, -0.2) is 15.0 Å². The molecule has 0 radical (unpaired) electrons. The largest absolute Gasteiger partial charge is 0.325 e. The van der Waals surface area contributed by atoms with Crippen molar-refractivity contribution < 1.29 is 0 Å². The Morgan fingerprint density at radius 2 is 1.95 bits per heavy atom. The Labute approximate surface area is 121 Å². The van der Waals surface area contributed by atoms with E-state index in [0.717, 1.165) is 22.0 Å². The molecule has 0 aliphatic carbocycles. The van der Waals surface area contributed by atoms with Crippen LogP contribution in [0, 0.1) is 13.8 Å². The Kier molecular flexibility index (Phi) is 3.38. The molecule has 0 aliphatic rings. The summed E-state index contributed by atoms with van der Waals surface area (Å²) in [4.78, 5) is 1.13. The standard InChI is InChI=1S/C15H16N4S/c1-10-6-11(2)8-12(7-10)19-15(13(9-16)17-18-19)14-4-3-5-20-14/h3-8H,9,16H2,1-2H3. The number of aromatic nitrogens is 3. The van der Waals surface area contributed by atoms with Gasteiger partial charge in [0.25, 0.3) is 0 Å². The normalized spacial score (nSPS) is 10.9. The zero-order valence-electron chi connectivity index (χ0n) is 11.5. The van der Waals surface area contributed by atoms with Crippen LogP contribution in [0.2, 0.25) is 0 Å². The third kappa shape index (κ3) is 2.26. The summed E-state index contributed by atoms with van der Waals surface area (Å²) in [6.45, 7) is 4.56. The van der Waals surface area contributed by atoms with Gasteiger partial charge in [0, 0.05) is 6.54 Å². The first-order chi connectivity index (χ1) is 9.69. The third-order valence-electron chi connectivity index (χ3n) is 3.14. The van der Waals surface area contributed by atoms with Gasteiger partial charge in [0.1, 0.15) is 11.4 Å². The van der Waals surface area contributed by atoms with Crippen LogP contribution >= 0.6 is 11.3 Å². The van der Waals surface area contributed by atoms with E-state index in [1.165, 1.54) is 11.1 Å². The number of thiophene rings is 1. The van der Waals surface area contributed by atoms with Crippen molar-refractivity contribution in [1.29, 1.82) is 0 Å². The molecule has 20 heavy (non-hydrogen) atoms. The molecule has 3 aromatic rings. The summed E-state index contributed by atoms with van der Waals surface area (Å²) in [5, 5.41) is 10.6. The lowest BCUT2D eigenvalue weighted by molar-refractivity contribution is 0.799. The van der Waals surface area contributed by atoms with E-state index >= 15 is 0 Å². The van der Waals surface area contributed by atoms with Crippen molar-refractivity contribution in [2.45, 2.75) is 20.4 Å². The Balaban J connectivity index is 2.22. The molecule has 102 valence electrons. The molecule has 0 atom stereocenters. The van der Waals surface area contributed by atoms with Gasteiger partial charge in [-0.15, -0.1) is 16.4 Å². The van der Waals surface area contributed by atoms with Gasteiger partial charge >= 0.3 is 0 Å². The van der Waals surface area contributed by atoms with E-state index < -0.39 is 0 Å². The molecule has 2 heterocycles. The van der Waals surface area contributed by atoms with Gasteiger partial charge in [0.05, 0.1) is 10.6 Å². The minimum absolute atomic E-state index is 0.387. The number of rotatable bonds is 3. The van der Waals surface area contributed by atoms with Gasteiger partial charge in [-0.3, -0.25) is 0 Å². The third-order valence-corrected chi connectivity index (χ3v) is 4.02. The molecule has 0 amide bonds. The van der Waals surface area contributed by atoms with Gasteiger partial charge in [-0.05, 0) is 48.6 Å². The van der Waals surface area contributed by atoms with Crippen LogP contribution in [0.1, 0.15) is 16.8 Å². The van der Waals surface area contributed by atoms with E-state index in [0.29, 0.717) is 6.54 Å². The summed E-state index contributed by atoms with van der Waals surface area (Å²) in [6.07, 6.45) is 0. The first kappa shape index (κ1) is 13.0. The highest BCUT2D eigenvalue weighted by atomic mass is 32.1. The second-order valence-corrected chi connectivity index (χ2v) is 5.77. The monoisotopic (exact) mass is 284 g/mol. The van der Waals surface area contributed by atoms with Gasteiger partial charge < -0.3 is 5.73 Å². The van der Waals surface area contributed by atoms with E-state index in [-0.39, 0.29) is 0 Å². The number of benzene rings is 1. The van der Waals surface area contributed by atoms with Crippen LogP contribution in [0.5, 0.6) is 0 Å². The maximum Gasteiger partial charge on any atom is 0.109 e. The van der Waals surface area contributed by atoms with Crippen molar-refractivity contribution in [3.05, 3.63) is 52.5 Å². The van der Waals surface area contributed by atoms with Crippen molar-refractivity contribution in [3.8, 4) is 16.3 Å². The Morgan fingerprint density at radius 3 is 2.55 bits per heavy atom. The second-order valence-electron chi connectivity index (χ2n) is 4.82. The quantitative estimate of drug-likeness (QED) is 0.804. The fourth-order valence-electron chi connectivity index (χ4n) is 2.36. The Bertz CT molecular complexity index is 708. The lowest BCUT2D eigenvalue weighted by Gasteiger charge is -2.08. The summed E-state index contributed by atoms with van der Waals surface area (Å²) in [6, 6.07) is 10.5. The highest BCUT2D eigenvalue weighted by Crippen LogP contribution is 2.29. The van der Waals surface area contributed by atoms with Crippen molar-refractivity contribution in [2.75, 3.05) is 0 Å². The maximum atomic E-state index is 5.80. The average molecular weight is 284 g/mol. The molecule has 2 N–H and O–H groups in total. The fraction of sp³-hybridized carbons (Fsp3) is 0.200. The topological polar surface area (TPSA) is 56.7 Å². The minimum atomic E-state index is 0.387. The molecule has 0 fully saturated rings. The lowest BCUT2D eigenvalue weighted by Crippen LogP contribution is -2.02. The van der Waals surface area contributed by atoms with Crippen molar-refractivity contribution in [1.82, 2.24) is 15.0 Å². The molecular weight excluding hydrogens is 268 g/mol. The number of nitrogens with two attached hydrogens (primary N) is 1.